The van der Waals surface area contributed by atoms with Crippen LogP contribution in [0.4, 0.5) is 13.2 Å². The summed E-state index contributed by atoms with van der Waals surface area (Å²) >= 11 is 0. The lowest BCUT2D eigenvalue weighted by Gasteiger charge is -2.35. The van der Waals surface area contributed by atoms with Gasteiger partial charge in [-0.3, -0.25) is 0 Å². The highest BCUT2D eigenvalue weighted by atomic mass is 19.4. The van der Waals surface area contributed by atoms with E-state index in [2.05, 4.69) is 11.5 Å². The number of allylic oxidation sites excluding steroid dienone is 4. The molecule has 1 saturated heterocycles. The van der Waals surface area contributed by atoms with E-state index in [4.69, 9.17) is 0 Å². The molecule has 18 heavy (non-hydrogen) atoms. The highest BCUT2D eigenvalue weighted by Crippen LogP contribution is 2.28. The molecule has 0 spiro atoms. The molecule has 1 fully saturated rings. The maximum Gasteiger partial charge on any atom is 0.416 e. The van der Waals surface area contributed by atoms with E-state index < -0.39 is 11.7 Å². The zero-order valence-electron chi connectivity index (χ0n) is 10.8. The zero-order chi connectivity index (χ0) is 13.8. The Morgan fingerprint density at radius 1 is 1.17 bits per heavy atom. The van der Waals surface area contributed by atoms with E-state index in [0.717, 1.165) is 32.3 Å². The Hall–Kier alpha value is -1.23. The molecule has 1 rings (SSSR count). The molecular formula is C13H19F3N2. The lowest BCUT2D eigenvalue weighted by molar-refractivity contribution is -0.0883. The summed E-state index contributed by atoms with van der Waals surface area (Å²) in [6.07, 6.45) is -0.610. The van der Waals surface area contributed by atoms with Crippen molar-refractivity contribution in [2.75, 3.05) is 33.2 Å². The fourth-order valence-corrected chi connectivity index (χ4v) is 1.84. The van der Waals surface area contributed by atoms with Gasteiger partial charge in [-0.1, -0.05) is 18.7 Å². The molecule has 0 bridgehead atoms. The van der Waals surface area contributed by atoms with Crippen molar-refractivity contribution in [3.63, 3.8) is 0 Å². The van der Waals surface area contributed by atoms with E-state index in [0.29, 0.717) is 5.70 Å². The summed E-state index contributed by atoms with van der Waals surface area (Å²) in [6, 6.07) is 0. The van der Waals surface area contributed by atoms with Gasteiger partial charge in [-0.05, 0) is 20.0 Å². The number of halogens is 3. The Bertz CT molecular complexity index is 348. The monoisotopic (exact) mass is 260 g/mol. The Labute approximate surface area is 106 Å². The van der Waals surface area contributed by atoms with Gasteiger partial charge in [0.1, 0.15) is 0 Å². The van der Waals surface area contributed by atoms with Gasteiger partial charge >= 0.3 is 6.18 Å². The van der Waals surface area contributed by atoms with Gasteiger partial charge in [-0.25, -0.2) is 0 Å². The summed E-state index contributed by atoms with van der Waals surface area (Å²) in [5.74, 6) is 0. The van der Waals surface area contributed by atoms with Gasteiger partial charge in [0.2, 0.25) is 0 Å². The molecule has 0 aliphatic carbocycles. The summed E-state index contributed by atoms with van der Waals surface area (Å²) < 4.78 is 38.0. The zero-order valence-corrected chi connectivity index (χ0v) is 10.8. The fourth-order valence-electron chi connectivity index (χ4n) is 1.84. The molecule has 0 aromatic heterocycles. The summed E-state index contributed by atoms with van der Waals surface area (Å²) in [5, 5.41) is 0. The maximum atomic E-state index is 12.7. The van der Waals surface area contributed by atoms with Gasteiger partial charge in [0, 0.05) is 31.9 Å². The van der Waals surface area contributed by atoms with Crippen LogP contribution >= 0.6 is 0 Å². The first-order valence-corrected chi connectivity index (χ1v) is 5.89. The molecule has 102 valence electrons. The van der Waals surface area contributed by atoms with E-state index in [-0.39, 0.29) is 0 Å². The summed E-state index contributed by atoms with van der Waals surface area (Å²) in [4.78, 5) is 4.13. The molecule has 0 aromatic carbocycles. The Balaban J connectivity index is 2.85. The topological polar surface area (TPSA) is 6.48 Å². The minimum atomic E-state index is -4.34. The third-order valence-electron chi connectivity index (χ3n) is 3.01. The van der Waals surface area contributed by atoms with Crippen LogP contribution in [0.1, 0.15) is 6.92 Å². The van der Waals surface area contributed by atoms with Crippen LogP contribution in [-0.4, -0.2) is 49.2 Å². The van der Waals surface area contributed by atoms with Crippen molar-refractivity contribution < 1.29 is 13.2 Å². The molecule has 0 aromatic rings. The molecule has 0 N–H and O–H groups in total. The molecule has 0 unspecified atom stereocenters. The van der Waals surface area contributed by atoms with Gasteiger partial charge in [0.25, 0.3) is 0 Å². The molecule has 1 aliphatic rings. The normalized spacial score (nSPS) is 20.2. The number of nitrogens with zero attached hydrogens (tertiary/aromatic N) is 2. The van der Waals surface area contributed by atoms with Crippen LogP contribution in [0.15, 0.2) is 36.1 Å². The molecule has 2 nitrogen and oxygen atoms in total. The highest BCUT2D eigenvalue weighted by molar-refractivity contribution is 5.31. The first kappa shape index (κ1) is 14.8. The fraction of sp³-hybridized carbons (Fsp3) is 0.538. The second-order valence-corrected chi connectivity index (χ2v) is 4.31. The third kappa shape index (κ3) is 3.91. The lowest BCUT2D eigenvalue weighted by Crippen LogP contribution is -2.43. The van der Waals surface area contributed by atoms with E-state index in [9.17, 15) is 13.2 Å². The van der Waals surface area contributed by atoms with Crippen LogP contribution in [0, 0.1) is 0 Å². The molecular weight excluding hydrogens is 241 g/mol. The Morgan fingerprint density at radius 3 is 2.11 bits per heavy atom. The van der Waals surface area contributed by atoms with E-state index >= 15 is 0 Å². The van der Waals surface area contributed by atoms with Crippen molar-refractivity contribution in [1.82, 2.24) is 9.80 Å². The molecule has 0 amide bonds. The van der Waals surface area contributed by atoms with Gasteiger partial charge in [-0.15, -0.1) is 0 Å². The molecule has 5 heteroatoms. The van der Waals surface area contributed by atoms with E-state index in [1.165, 1.54) is 6.08 Å². The molecule has 0 radical (unpaired) electrons. The van der Waals surface area contributed by atoms with Gasteiger partial charge in [0.15, 0.2) is 0 Å². The van der Waals surface area contributed by atoms with Crippen molar-refractivity contribution in [3.05, 3.63) is 36.1 Å². The number of piperazine rings is 1. The summed E-state index contributed by atoms with van der Waals surface area (Å²) in [6.45, 7) is 8.19. The second-order valence-electron chi connectivity index (χ2n) is 4.31. The molecule has 1 aliphatic heterocycles. The smallest absolute Gasteiger partial charge is 0.369 e. The quantitative estimate of drug-likeness (QED) is 0.720. The van der Waals surface area contributed by atoms with Crippen molar-refractivity contribution in [2.45, 2.75) is 13.1 Å². The van der Waals surface area contributed by atoms with E-state index in [1.807, 2.05) is 11.9 Å². The Morgan fingerprint density at radius 2 is 1.72 bits per heavy atom. The summed E-state index contributed by atoms with van der Waals surface area (Å²) in [5.41, 5.74) is -0.0927. The number of likely N-dealkylation sites (N-methyl/N-ethyl adjacent to an activating group) is 1. The first-order chi connectivity index (χ1) is 8.38. The number of hydrogen-bond acceptors (Lipinski definition) is 2. The van der Waals surface area contributed by atoms with Crippen molar-refractivity contribution in [1.29, 1.82) is 0 Å². The van der Waals surface area contributed by atoms with Crippen LogP contribution in [0.25, 0.3) is 0 Å². The van der Waals surface area contributed by atoms with Crippen molar-refractivity contribution in [3.8, 4) is 0 Å². The molecule has 1 heterocycles. The minimum absolute atomic E-state index is 0.607. The van der Waals surface area contributed by atoms with Crippen molar-refractivity contribution >= 4 is 0 Å². The van der Waals surface area contributed by atoms with Gasteiger partial charge in [-0.2, -0.15) is 13.2 Å². The van der Waals surface area contributed by atoms with Crippen LogP contribution in [0.2, 0.25) is 0 Å². The number of alkyl halides is 3. The number of rotatable bonds is 3. The SMILES string of the molecule is C=C/C(=C\C(=C/C)N1CCN(C)CC1)C(F)(F)F. The van der Waals surface area contributed by atoms with Crippen LogP contribution < -0.4 is 0 Å². The van der Waals surface area contributed by atoms with Crippen LogP contribution in [0.3, 0.4) is 0 Å². The average Bonchev–Trinajstić information content (AvgIpc) is 2.30. The second kappa shape index (κ2) is 6.09. The third-order valence-corrected chi connectivity index (χ3v) is 3.01. The van der Waals surface area contributed by atoms with Crippen molar-refractivity contribution in [2.24, 2.45) is 0 Å². The predicted octanol–water partition coefficient (Wildman–Crippen LogP) is 2.81. The van der Waals surface area contributed by atoms with E-state index in [1.54, 1.807) is 13.0 Å². The lowest BCUT2D eigenvalue weighted by atomic mass is 10.1. The van der Waals surface area contributed by atoms with Gasteiger partial charge < -0.3 is 9.80 Å². The van der Waals surface area contributed by atoms with Crippen LogP contribution in [0.5, 0.6) is 0 Å². The first-order valence-electron chi connectivity index (χ1n) is 5.89. The number of hydrogen-bond donors (Lipinski definition) is 0. The minimum Gasteiger partial charge on any atom is -0.369 e. The van der Waals surface area contributed by atoms with Gasteiger partial charge in [0.05, 0.1) is 5.57 Å². The maximum absolute atomic E-state index is 12.7. The standard InChI is InChI=1S/C13H19F3N2/c1-4-11(13(14,15)16)10-12(5-2)18-8-6-17(3)7-9-18/h4-5,10H,1,6-9H2,2-3H3/b11-10+,12-5+. The summed E-state index contributed by atoms with van der Waals surface area (Å²) in [7, 11) is 2.01. The predicted molar refractivity (Wildman–Crippen MR) is 67.2 cm³/mol. The molecule has 0 saturated carbocycles. The largest absolute Gasteiger partial charge is 0.416 e. The Kier molecular flexibility index (Phi) is 5.02. The highest BCUT2D eigenvalue weighted by Gasteiger charge is 2.32. The average molecular weight is 260 g/mol. The molecule has 0 atom stereocenters. The van der Waals surface area contributed by atoms with Crippen LogP contribution in [-0.2, 0) is 0 Å².